The predicted molar refractivity (Wildman–Crippen MR) is 71.6 cm³/mol. The highest BCUT2D eigenvalue weighted by molar-refractivity contribution is 5.75. The quantitative estimate of drug-likeness (QED) is 0.790. The average Bonchev–Trinajstić information content (AvgIpc) is 2.38. The monoisotopic (exact) mass is 268 g/mol. The van der Waals surface area contributed by atoms with Gasteiger partial charge >= 0.3 is 5.97 Å². The average molecular weight is 268 g/mol. The van der Waals surface area contributed by atoms with Crippen molar-refractivity contribution in [1.82, 2.24) is 4.90 Å². The Kier molecular flexibility index (Phi) is 5.14. The van der Waals surface area contributed by atoms with Crippen molar-refractivity contribution in [3.8, 4) is 11.5 Å². The molecule has 0 saturated carbocycles. The van der Waals surface area contributed by atoms with Gasteiger partial charge in [-0.25, -0.2) is 0 Å². The molecule has 3 N–H and O–H groups in total. The van der Waals surface area contributed by atoms with E-state index < -0.39 is 18.1 Å². The number of aliphatic carboxylic acids is 1. The van der Waals surface area contributed by atoms with E-state index in [2.05, 4.69) is 0 Å². The molecule has 0 bridgehead atoms. The third-order valence-corrected chi connectivity index (χ3v) is 2.94. The molecule has 0 aromatic heterocycles. The summed E-state index contributed by atoms with van der Waals surface area (Å²) < 4.78 is 10.4. The maximum Gasteiger partial charge on any atom is 0.322 e. The zero-order chi connectivity index (χ0) is 14.6. The molecule has 1 rings (SSSR count). The molecule has 0 radical (unpaired) electrons. The van der Waals surface area contributed by atoms with Crippen molar-refractivity contribution in [1.29, 1.82) is 0 Å². The summed E-state index contributed by atoms with van der Waals surface area (Å²) in [7, 11) is 6.62. The van der Waals surface area contributed by atoms with Crippen LogP contribution in [0.4, 0.5) is 0 Å². The van der Waals surface area contributed by atoms with Gasteiger partial charge in [-0.05, 0) is 32.3 Å². The molecule has 0 aliphatic heterocycles. The molecule has 0 saturated heterocycles. The summed E-state index contributed by atoms with van der Waals surface area (Å²) in [6, 6.07) is 3.66. The second-order valence-electron chi connectivity index (χ2n) is 4.38. The van der Waals surface area contributed by atoms with Crippen LogP contribution in [0.5, 0.6) is 11.5 Å². The topological polar surface area (TPSA) is 85.0 Å². The summed E-state index contributed by atoms with van der Waals surface area (Å²) in [5, 5.41) is 9.13. The number of carbonyl (C=O) groups is 1. The van der Waals surface area contributed by atoms with E-state index in [1.165, 1.54) is 7.11 Å². The van der Waals surface area contributed by atoms with Crippen LogP contribution in [0.1, 0.15) is 11.6 Å². The lowest BCUT2D eigenvalue weighted by molar-refractivity contribution is -0.140. The lowest BCUT2D eigenvalue weighted by Gasteiger charge is -2.29. The van der Waals surface area contributed by atoms with Crippen LogP contribution in [0.25, 0.3) is 0 Å². The minimum absolute atomic E-state index is 0.512. The Hall–Kier alpha value is -1.79. The number of carboxylic acid groups (broad SMARTS) is 1. The van der Waals surface area contributed by atoms with Gasteiger partial charge in [-0.2, -0.15) is 0 Å². The largest absolute Gasteiger partial charge is 0.497 e. The summed E-state index contributed by atoms with van der Waals surface area (Å²) in [5.74, 6) is 0.139. The molecule has 0 aliphatic carbocycles. The van der Waals surface area contributed by atoms with Crippen molar-refractivity contribution in [2.45, 2.75) is 12.1 Å². The van der Waals surface area contributed by atoms with E-state index in [4.69, 9.17) is 20.3 Å². The van der Waals surface area contributed by atoms with Crippen molar-refractivity contribution in [2.75, 3.05) is 28.3 Å². The molecule has 1 aromatic carbocycles. The number of hydrogen-bond acceptors (Lipinski definition) is 5. The molecule has 6 nitrogen and oxygen atoms in total. The second-order valence-corrected chi connectivity index (χ2v) is 4.38. The van der Waals surface area contributed by atoms with Gasteiger partial charge in [0.05, 0.1) is 20.3 Å². The smallest absolute Gasteiger partial charge is 0.322 e. The Morgan fingerprint density at radius 1 is 1.32 bits per heavy atom. The lowest BCUT2D eigenvalue weighted by Crippen LogP contribution is -2.43. The molecule has 0 spiro atoms. The number of benzene rings is 1. The van der Waals surface area contributed by atoms with Crippen LogP contribution in [-0.2, 0) is 4.79 Å². The number of likely N-dealkylation sites (N-methyl/N-ethyl adjacent to an activating group) is 1. The molecule has 0 amide bonds. The van der Waals surface area contributed by atoms with Gasteiger partial charge in [0.2, 0.25) is 0 Å². The van der Waals surface area contributed by atoms with Gasteiger partial charge in [-0.3, -0.25) is 4.79 Å². The van der Waals surface area contributed by atoms with E-state index in [0.29, 0.717) is 17.1 Å². The van der Waals surface area contributed by atoms with E-state index in [1.54, 1.807) is 44.3 Å². The fourth-order valence-electron chi connectivity index (χ4n) is 2.00. The molecule has 2 unspecified atom stereocenters. The molecule has 0 heterocycles. The van der Waals surface area contributed by atoms with Crippen molar-refractivity contribution in [2.24, 2.45) is 5.73 Å². The molecule has 19 heavy (non-hydrogen) atoms. The normalized spacial score (nSPS) is 14.0. The molecule has 2 atom stereocenters. The van der Waals surface area contributed by atoms with Crippen molar-refractivity contribution < 1.29 is 19.4 Å². The fraction of sp³-hybridized carbons (Fsp3) is 0.462. The number of ether oxygens (including phenoxy) is 2. The van der Waals surface area contributed by atoms with Crippen LogP contribution < -0.4 is 15.2 Å². The fourth-order valence-corrected chi connectivity index (χ4v) is 2.00. The van der Waals surface area contributed by atoms with Gasteiger partial charge < -0.3 is 25.2 Å². The molecule has 0 aliphatic rings. The van der Waals surface area contributed by atoms with Gasteiger partial charge in [0.15, 0.2) is 0 Å². The SMILES string of the molecule is COc1ccc(OC)c(C(C(N)C(=O)O)N(C)C)c1. The first-order chi connectivity index (χ1) is 8.92. The van der Waals surface area contributed by atoms with E-state index in [0.717, 1.165) is 0 Å². The predicted octanol–water partition coefficient (Wildman–Crippen LogP) is 0.718. The zero-order valence-electron chi connectivity index (χ0n) is 11.6. The number of nitrogens with two attached hydrogens (primary N) is 1. The van der Waals surface area contributed by atoms with Gasteiger partial charge in [-0.15, -0.1) is 0 Å². The van der Waals surface area contributed by atoms with Crippen LogP contribution in [0.2, 0.25) is 0 Å². The highest BCUT2D eigenvalue weighted by atomic mass is 16.5. The Morgan fingerprint density at radius 2 is 1.95 bits per heavy atom. The van der Waals surface area contributed by atoms with Gasteiger partial charge in [0.25, 0.3) is 0 Å². The third-order valence-electron chi connectivity index (χ3n) is 2.94. The molecular weight excluding hydrogens is 248 g/mol. The highest BCUT2D eigenvalue weighted by Crippen LogP contribution is 2.33. The minimum atomic E-state index is -1.07. The van der Waals surface area contributed by atoms with E-state index in [-0.39, 0.29) is 0 Å². The summed E-state index contributed by atoms with van der Waals surface area (Å²) in [5.41, 5.74) is 6.45. The summed E-state index contributed by atoms with van der Waals surface area (Å²) in [6.07, 6.45) is 0. The third kappa shape index (κ3) is 3.36. The van der Waals surface area contributed by atoms with Crippen LogP contribution in [0.3, 0.4) is 0 Å². The van der Waals surface area contributed by atoms with E-state index in [1.807, 2.05) is 0 Å². The van der Waals surface area contributed by atoms with Gasteiger partial charge in [0.1, 0.15) is 17.5 Å². The van der Waals surface area contributed by atoms with Crippen LogP contribution in [0.15, 0.2) is 18.2 Å². The number of rotatable bonds is 6. The first-order valence-corrected chi connectivity index (χ1v) is 5.79. The Morgan fingerprint density at radius 3 is 2.37 bits per heavy atom. The number of carboxylic acids is 1. The summed E-state index contributed by atoms with van der Waals surface area (Å²) in [4.78, 5) is 12.9. The van der Waals surface area contributed by atoms with Crippen LogP contribution >= 0.6 is 0 Å². The van der Waals surface area contributed by atoms with Crippen molar-refractivity contribution >= 4 is 5.97 Å². The first-order valence-electron chi connectivity index (χ1n) is 5.79. The Balaban J connectivity index is 3.31. The second kappa shape index (κ2) is 6.40. The maximum absolute atomic E-state index is 11.1. The lowest BCUT2D eigenvalue weighted by atomic mass is 9.97. The molecule has 0 fully saturated rings. The number of methoxy groups -OCH3 is 2. The van der Waals surface area contributed by atoms with Crippen molar-refractivity contribution in [3.63, 3.8) is 0 Å². The van der Waals surface area contributed by atoms with Gasteiger partial charge in [0, 0.05) is 5.56 Å². The Bertz CT molecular complexity index is 448. The standard InChI is InChI=1S/C13H20N2O4/c1-15(2)12(11(14)13(16)17)9-7-8(18-3)5-6-10(9)19-4/h5-7,11-12H,14H2,1-4H3,(H,16,17). The summed E-state index contributed by atoms with van der Waals surface area (Å²) in [6.45, 7) is 0. The number of nitrogens with zero attached hydrogens (tertiary/aromatic N) is 1. The minimum Gasteiger partial charge on any atom is -0.497 e. The molecule has 106 valence electrons. The van der Waals surface area contributed by atoms with Crippen LogP contribution in [0, 0.1) is 0 Å². The van der Waals surface area contributed by atoms with Crippen molar-refractivity contribution in [3.05, 3.63) is 23.8 Å². The summed E-state index contributed by atoms with van der Waals surface area (Å²) >= 11 is 0. The van der Waals surface area contributed by atoms with Gasteiger partial charge in [-0.1, -0.05) is 0 Å². The first kappa shape index (κ1) is 15.3. The zero-order valence-corrected chi connectivity index (χ0v) is 11.6. The van der Waals surface area contributed by atoms with E-state index >= 15 is 0 Å². The highest BCUT2D eigenvalue weighted by Gasteiger charge is 2.30. The van der Waals surface area contributed by atoms with E-state index in [9.17, 15) is 4.79 Å². The Labute approximate surface area is 112 Å². The molecular formula is C13H20N2O4. The van der Waals surface area contributed by atoms with Crippen LogP contribution in [-0.4, -0.2) is 50.3 Å². The molecule has 1 aromatic rings. The number of hydrogen-bond donors (Lipinski definition) is 2. The maximum atomic E-state index is 11.1. The molecule has 6 heteroatoms.